The number of amides is 2. The third kappa shape index (κ3) is 5.87. The number of carbonyl (C=O) groups excluding carboxylic acids is 2. The number of aromatic nitrogens is 1. The highest BCUT2D eigenvalue weighted by Crippen LogP contribution is 2.29. The fourth-order valence-electron chi connectivity index (χ4n) is 3.30. The summed E-state index contributed by atoms with van der Waals surface area (Å²) in [6.07, 6.45) is 0.419. The van der Waals surface area contributed by atoms with E-state index in [-0.39, 0.29) is 24.0 Å². The number of anilines is 2. The lowest BCUT2D eigenvalue weighted by molar-refractivity contribution is -0.123. The number of rotatable bonds is 5. The predicted molar refractivity (Wildman–Crippen MR) is 122 cm³/mol. The lowest BCUT2D eigenvalue weighted by Gasteiger charge is -2.34. The smallest absolute Gasteiger partial charge is 0.267 e. The topological polar surface area (TPSA) is 83.6 Å². The molecule has 1 fully saturated rings. The van der Waals surface area contributed by atoms with Crippen LogP contribution in [0.1, 0.15) is 55.5 Å². The zero-order chi connectivity index (χ0) is 22.1. The monoisotopic (exact) mass is 450 g/mol. The second-order valence-corrected chi connectivity index (χ2v) is 10.8. The van der Waals surface area contributed by atoms with Crippen LogP contribution in [-0.2, 0) is 16.1 Å². The number of nitrogens with one attached hydrogen (secondary N) is 2. The second kappa shape index (κ2) is 9.13. The van der Waals surface area contributed by atoms with E-state index in [1.54, 1.807) is 0 Å². The number of hydrogen-bond donors (Lipinski definition) is 2. The molecule has 1 aliphatic heterocycles. The molecule has 0 aliphatic carbocycles. The third-order valence-corrected chi connectivity index (χ3v) is 6.65. The van der Waals surface area contributed by atoms with Crippen molar-refractivity contribution >= 4 is 44.6 Å². The van der Waals surface area contributed by atoms with Crippen LogP contribution in [0.2, 0.25) is 0 Å². The van der Waals surface area contributed by atoms with E-state index in [9.17, 15) is 9.59 Å². The van der Waals surface area contributed by atoms with E-state index in [1.807, 2.05) is 39.1 Å². The number of morpholine rings is 1. The summed E-state index contributed by atoms with van der Waals surface area (Å²) in [7, 11) is 0. The molecule has 2 atom stereocenters. The van der Waals surface area contributed by atoms with Crippen molar-refractivity contribution < 1.29 is 14.3 Å². The number of nitrogens with zero attached hydrogens (tertiary/aromatic N) is 2. The SMILES string of the molecule is Cc1cc(NC(=O)C(C)(C)C)sc1C(=O)Nc1nc(CN2CC(C)OC(C)C2)cs1. The van der Waals surface area contributed by atoms with E-state index in [4.69, 9.17) is 4.74 Å². The number of hydrogen-bond acceptors (Lipinski definition) is 7. The fraction of sp³-hybridized carbons (Fsp3) is 0.571. The van der Waals surface area contributed by atoms with Gasteiger partial charge in [-0.1, -0.05) is 20.8 Å². The van der Waals surface area contributed by atoms with Gasteiger partial charge in [-0.05, 0) is 32.4 Å². The number of aryl methyl sites for hydroxylation is 1. The van der Waals surface area contributed by atoms with Gasteiger partial charge in [-0.25, -0.2) is 4.98 Å². The van der Waals surface area contributed by atoms with Crippen LogP contribution in [0.25, 0.3) is 0 Å². The summed E-state index contributed by atoms with van der Waals surface area (Å²) in [4.78, 5) is 32.4. The van der Waals surface area contributed by atoms with Crippen molar-refractivity contribution in [1.82, 2.24) is 9.88 Å². The van der Waals surface area contributed by atoms with Crippen LogP contribution in [0, 0.1) is 12.3 Å². The lowest BCUT2D eigenvalue weighted by Crippen LogP contribution is -2.44. The number of thiophene rings is 1. The lowest BCUT2D eigenvalue weighted by atomic mass is 9.96. The molecule has 164 valence electrons. The number of ether oxygens (including phenoxy) is 1. The van der Waals surface area contributed by atoms with Gasteiger partial charge in [-0.2, -0.15) is 0 Å². The largest absolute Gasteiger partial charge is 0.373 e. The van der Waals surface area contributed by atoms with Gasteiger partial charge in [-0.3, -0.25) is 19.8 Å². The van der Waals surface area contributed by atoms with E-state index in [2.05, 4.69) is 34.4 Å². The zero-order valence-corrected chi connectivity index (χ0v) is 20.0. The standard InChI is InChI=1S/C21H30N4O3S2/c1-12-7-16(23-19(27)21(4,5)6)30-17(12)18(26)24-20-22-15(11-29-20)10-25-8-13(2)28-14(3)9-25/h7,11,13-14H,8-10H2,1-6H3,(H,23,27)(H,22,24,26). The maximum atomic E-state index is 12.7. The van der Waals surface area contributed by atoms with Gasteiger partial charge in [0.05, 0.1) is 27.8 Å². The van der Waals surface area contributed by atoms with Crippen molar-refractivity contribution in [3.63, 3.8) is 0 Å². The Morgan fingerprint density at radius 3 is 2.53 bits per heavy atom. The van der Waals surface area contributed by atoms with Gasteiger partial charge in [0.1, 0.15) is 0 Å². The Labute approximate surface area is 185 Å². The molecule has 2 amide bonds. The average molecular weight is 451 g/mol. The summed E-state index contributed by atoms with van der Waals surface area (Å²) in [6, 6.07) is 1.83. The Hall–Kier alpha value is -1.81. The summed E-state index contributed by atoms with van der Waals surface area (Å²) >= 11 is 2.70. The van der Waals surface area contributed by atoms with Crippen LogP contribution in [0.15, 0.2) is 11.4 Å². The van der Waals surface area contributed by atoms with Crippen molar-refractivity contribution in [1.29, 1.82) is 0 Å². The molecular weight excluding hydrogens is 420 g/mol. The average Bonchev–Trinajstić information content (AvgIpc) is 3.19. The van der Waals surface area contributed by atoms with Gasteiger partial charge in [0.15, 0.2) is 5.13 Å². The highest BCUT2D eigenvalue weighted by molar-refractivity contribution is 7.18. The van der Waals surface area contributed by atoms with E-state index in [0.29, 0.717) is 15.0 Å². The first-order valence-corrected chi connectivity index (χ1v) is 11.8. The number of carbonyl (C=O) groups is 2. The minimum absolute atomic E-state index is 0.0768. The summed E-state index contributed by atoms with van der Waals surface area (Å²) in [6.45, 7) is 14.1. The molecule has 0 spiro atoms. The van der Waals surface area contributed by atoms with Crippen LogP contribution in [-0.4, -0.2) is 47.0 Å². The van der Waals surface area contributed by atoms with Crippen LogP contribution < -0.4 is 10.6 Å². The van der Waals surface area contributed by atoms with Crippen molar-refractivity contribution in [2.45, 2.75) is 60.3 Å². The Balaban J connectivity index is 1.61. The Morgan fingerprint density at radius 1 is 1.23 bits per heavy atom. The van der Waals surface area contributed by atoms with E-state index >= 15 is 0 Å². The molecule has 3 rings (SSSR count). The van der Waals surface area contributed by atoms with Crippen LogP contribution in [0.5, 0.6) is 0 Å². The Kier molecular flexibility index (Phi) is 6.96. The molecule has 2 N–H and O–H groups in total. The van der Waals surface area contributed by atoms with Gasteiger partial charge >= 0.3 is 0 Å². The van der Waals surface area contributed by atoms with Gasteiger partial charge in [0.2, 0.25) is 5.91 Å². The highest BCUT2D eigenvalue weighted by atomic mass is 32.1. The summed E-state index contributed by atoms with van der Waals surface area (Å²) in [5.74, 6) is -0.282. The predicted octanol–water partition coefficient (Wildman–Crippen LogP) is 4.36. The quantitative estimate of drug-likeness (QED) is 0.707. The second-order valence-electron chi connectivity index (χ2n) is 8.88. The van der Waals surface area contributed by atoms with Gasteiger partial charge in [0, 0.05) is 30.4 Å². The molecule has 2 aromatic rings. The first-order valence-electron chi connectivity index (χ1n) is 10.1. The van der Waals surface area contributed by atoms with Gasteiger partial charge < -0.3 is 10.1 Å². The van der Waals surface area contributed by atoms with E-state index in [1.165, 1.54) is 22.7 Å². The minimum Gasteiger partial charge on any atom is -0.373 e. The van der Waals surface area contributed by atoms with Crippen LogP contribution >= 0.6 is 22.7 Å². The molecule has 1 saturated heterocycles. The van der Waals surface area contributed by atoms with E-state index < -0.39 is 5.41 Å². The maximum Gasteiger partial charge on any atom is 0.267 e. The first kappa shape index (κ1) is 22.9. The molecule has 0 saturated carbocycles. The van der Waals surface area contributed by atoms with Crippen molar-refractivity contribution in [3.05, 3.63) is 27.6 Å². The molecular formula is C21H30N4O3S2. The van der Waals surface area contributed by atoms with Gasteiger partial charge in [0.25, 0.3) is 5.91 Å². The Bertz CT molecular complexity index is 906. The molecule has 0 aromatic carbocycles. The molecule has 2 aromatic heterocycles. The highest BCUT2D eigenvalue weighted by Gasteiger charge is 2.24. The van der Waals surface area contributed by atoms with Crippen molar-refractivity contribution in [3.8, 4) is 0 Å². The molecule has 30 heavy (non-hydrogen) atoms. The molecule has 0 bridgehead atoms. The van der Waals surface area contributed by atoms with Crippen LogP contribution in [0.4, 0.5) is 10.1 Å². The van der Waals surface area contributed by atoms with Crippen molar-refractivity contribution in [2.24, 2.45) is 5.41 Å². The molecule has 1 aliphatic rings. The Morgan fingerprint density at radius 2 is 1.90 bits per heavy atom. The molecule has 7 nitrogen and oxygen atoms in total. The van der Waals surface area contributed by atoms with E-state index in [0.717, 1.165) is 30.9 Å². The zero-order valence-electron chi connectivity index (χ0n) is 18.4. The molecule has 2 unspecified atom stereocenters. The minimum atomic E-state index is -0.492. The summed E-state index contributed by atoms with van der Waals surface area (Å²) in [5, 5.41) is 9.02. The van der Waals surface area contributed by atoms with Crippen molar-refractivity contribution in [2.75, 3.05) is 23.7 Å². The normalized spacial score (nSPS) is 20.2. The fourth-order valence-corrected chi connectivity index (χ4v) is 4.96. The molecule has 9 heteroatoms. The summed E-state index contributed by atoms with van der Waals surface area (Å²) < 4.78 is 5.78. The molecule has 0 radical (unpaired) electrons. The number of thiazole rings is 1. The molecule has 3 heterocycles. The van der Waals surface area contributed by atoms with Crippen LogP contribution in [0.3, 0.4) is 0 Å². The maximum absolute atomic E-state index is 12.7. The van der Waals surface area contributed by atoms with Gasteiger partial charge in [-0.15, -0.1) is 22.7 Å². The summed E-state index contributed by atoms with van der Waals surface area (Å²) in [5.41, 5.74) is 1.28. The first-order chi connectivity index (χ1) is 14.0. The third-order valence-electron chi connectivity index (χ3n) is 4.69.